The Morgan fingerprint density at radius 1 is 1.00 bits per heavy atom. The molecule has 8 nitrogen and oxygen atoms in total. The topological polar surface area (TPSA) is 114 Å². The molecule has 0 aromatic heterocycles. The predicted octanol–water partition coefficient (Wildman–Crippen LogP) is 4.11. The number of ether oxygens (including phenoxy) is 1. The van der Waals surface area contributed by atoms with E-state index in [0.717, 1.165) is 16.9 Å². The van der Waals surface area contributed by atoms with Gasteiger partial charge in [0.2, 0.25) is 5.91 Å². The molecule has 3 aromatic carbocycles. The summed E-state index contributed by atoms with van der Waals surface area (Å²) in [5.41, 5.74) is 10.6. The van der Waals surface area contributed by atoms with Gasteiger partial charge in [-0.1, -0.05) is 36.4 Å². The second-order valence-electron chi connectivity index (χ2n) is 8.18. The third-order valence-electron chi connectivity index (χ3n) is 5.77. The lowest BCUT2D eigenvalue weighted by molar-refractivity contribution is -0.116. The minimum absolute atomic E-state index is 0.0883. The van der Waals surface area contributed by atoms with Crippen molar-refractivity contribution >= 4 is 46.1 Å². The molecular formula is C28H28N4O4. The maximum absolute atomic E-state index is 13.2. The van der Waals surface area contributed by atoms with Gasteiger partial charge in [-0.2, -0.15) is 0 Å². The molecule has 0 aliphatic carbocycles. The number of rotatable bonds is 8. The van der Waals surface area contributed by atoms with Gasteiger partial charge in [0.05, 0.1) is 29.1 Å². The maximum Gasteiger partial charge on any atom is 0.338 e. The molecule has 4 rings (SSSR count). The summed E-state index contributed by atoms with van der Waals surface area (Å²) in [7, 11) is 0. The Labute approximate surface area is 209 Å². The van der Waals surface area contributed by atoms with E-state index in [1.165, 1.54) is 6.92 Å². The highest BCUT2D eigenvalue weighted by Gasteiger charge is 2.29. The van der Waals surface area contributed by atoms with Gasteiger partial charge >= 0.3 is 5.97 Å². The van der Waals surface area contributed by atoms with Gasteiger partial charge in [0.25, 0.3) is 5.91 Å². The van der Waals surface area contributed by atoms with Crippen LogP contribution in [0.5, 0.6) is 0 Å². The molecule has 36 heavy (non-hydrogen) atoms. The highest BCUT2D eigenvalue weighted by atomic mass is 16.5. The van der Waals surface area contributed by atoms with E-state index in [-0.39, 0.29) is 18.4 Å². The number of fused-ring (bicyclic) bond motifs is 1. The van der Waals surface area contributed by atoms with Crippen molar-refractivity contribution in [3.63, 3.8) is 0 Å². The first kappa shape index (κ1) is 24.7. The van der Waals surface area contributed by atoms with E-state index in [1.807, 2.05) is 54.6 Å². The van der Waals surface area contributed by atoms with Crippen molar-refractivity contribution in [2.75, 3.05) is 35.2 Å². The fraction of sp³-hybridized carbons (Fsp3) is 0.179. The van der Waals surface area contributed by atoms with E-state index in [4.69, 9.17) is 10.5 Å². The lowest BCUT2D eigenvalue weighted by atomic mass is 9.99. The zero-order valence-corrected chi connectivity index (χ0v) is 20.2. The average Bonchev–Trinajstić information content (AvgIpc) is 3.21. The largest absolute Gasteiger partial charge is 0.462 e. The standard InChI is InChI=1S/C28H28N4O4/c1-3-36-28(35)20-9-14-23-24(17-20)31-27(34)25(23)26(19-7-5-4-6-8-19)30-21-10-12-22(13-11-21)32(16-15-29)18(2)33/h4-14,17,30H,3,15-16,29H2,1-2H3,(H,31,34)/b26-25-. The molecule has 0 atom stereocenters. The van der Waals surface area contributed by atoms with E-state index in [0.29, 0.717) is 41.2 Å². The summed E-state index contributed by atoms with van der Waals surface area (Å²) in [6, 6.07) is 21.9. The summed E-state index contributed by atoms with van der Waals surface area (Å²) in [5, 5.41) is 6.26. The number of benzene rings is 3. The van der Waals surface area contributed by atoms with Crippen LogP contribution >= 0.6 is 0 Å². The van der Waals surface area contributed by atoms with Gasteiger partial charge in [-0.25, -0.2) is 4.79 Å². The fourth-order valence-electron chi connectivity index (χ4n) is 4.11. The lowest BCUT2D eigenvalue weighted by Gasteiger charge is -2.21. The van der Waals surface area contributed by atoms with Crippen LogP contribution in [0.1, 0.15) is 35.3 Å². The number of nitrogens with one attached hydrogen (secondary N) is 2. The minimum Gasteiger partial charge on any atom is -0.462 e. The second-order valence-corrected chi connectivity index (χ2v) is 8.18. The average molecular weight is 485 g/mol. The summed E-state index contributed by atoms with van der Waals surface area (Å²) in [6.45, 7) is 4.30. The Bertz CT molecular complexity index is 1320. The van der Waals surface area contributed by atoms with Crippen LogP contribution in [-0.2, 0) is 14.3 Å². The molecule has 1 heterocycles. The van der Waals surface area contributed by atoms with Gasteiger partial charge in [0.1, 0.15) is 0 Å². The SMILES string of the molecule is CCOC(=O)c1ccc2c(c1)NC(=O)/C2=C(\Nc1ccc(N(CCN)C(C)=O)cc1)c1ccccc1. The molecule has 3 aromatic rings. The highest BCUT2D eigenvalue weighted by Crippen LogP contribution is 2.38. The highest BCUT2D eigenvalue weighted by molar-refractivity contribution is 6.37. The summed E-state index contributed by atoms with van der Waals surface area (Å²) < 4.78 is 5.09. The normalized spacial score (nSPS) is 13.5. The van der Waals surface area contributed by atoms with Crippen molar-refractivity contribution in [2.24, 2.45) is 5.73 Å². The van der Waals surface area contributed by atoms with Crippen molar-refractivity contribution in [2.45, 2.75) is 13.8 Å². The molecule has 0 fully saturated rings. The van der Waals surface area contributed by atoms with Gasteiger partial charge in [-0.15, -0.1) is 0 Å². The quantitative estimate of drug-likeness (QED) is 0.328. The number of carbonyl (C=O) groups is 3. The van der Waals surface area contributed by atoms with Crippen LogP contribution in [0, 0.1) is 0 Å². The Morgan fingerprint density at radius 2 is 1.72 bits per heavy atom. The van der Waals surface area contributed by atoms with Gasteiger partial charge < -0.3 is 26.0 Å². The minimum atomic E-state index is -0.442. The van der Waals surface area contributed by atoms with Crippen molar-refractivity contribution in [3.8, 4) is 0 Å². The zero-order chi connectivity index (χ0) is 25.7. The van der Waals surface area contributed by atoms with Crippen LogP contribution in [0.15, 0.2) is 72.8 Å². The number of nitrogens with two attached hydrogens (primary N) is 1. The van der Waals surface area contributed by atoms with E-state index >= 15 is 0 Å². The molecular weight excluding hydrogens is 456 g/mol. The number of anilines is 3. The first-order chi connectivity index (χ1) is 17.4. The summed E-state index contributed by atoms with van der Waals surface area (Å²) in [4.78, 5) is 38.9. The van der Waals surface area contributed by atoms with Crippen LogP contribution in [0.2, 0.25) is 0 Å². The number of hydrogen-bond donors (Lipinski definition) is 3. The molecule has 2 amide bonds. The van der Waals surface area contributed by atoms with E-state index in [1.54, 1.807) is 30.0 Å². The Morgan fingerprint density at radius 3 is 2.36 bits per heavy atom. The van der Waals surface area contributed by atoms with E-state index < -0.39 is 5.97 Å². The monoisotopic (exact) mass is 484 g/mol. The van der Waals surface area contributed by atoms with Crippen LogP contribution in [0.25, 0.3) is 11.3 Å². The van der Waals surface area contributed by atoms with E-state index in [2.05, 4.69) is 10.6 Å². The zero-order valence-electron chi connectivity index (χ0n) is 20.2. The summed E-state index contributed by atoms with van der Waals surface area (Å²) in [6.07, 6.45) is 0. The molecule has 0 saturated heterocycles. The van der Waals surface area contributed by atoms with Gasteiger partial charge in [-0.3, -0.25) is 9.59 Å². The van der Waals surface area contributed by atoms with E-state index in [9.17, 15) is 14.4 Å². The first-order valence-electron chi connectivity index (χ1n) is 11.7. The fourth-order valence-corrected chi connectivity index (χ4v) is 4.11. The second kappa shape index (κ2) is 10.9. The third kappa shape index (κ3) is 5.13. The molecule has 1 aliphatic rings. The number of hydrogen-bond acceptors (Lipinski definition) is 6. The van der Waals surface area contributed by atoms with Crippen molar-refractivity contribution in [3.05, 3.63) is 89.5 Å². The molecule has 4 N–H and O–H groups in total. The Kier molecular flexibility index (Phi) is 7.46. The van der Waals surface area contributed by atoms with Gasteiger partial charge in [0.15, 0.2) is 0 Å². The molecule has 0 bridgehead atoms. The third-order valence-corrected chi connectivity index (χ3v) is 5.77. The van der Waals surface area contributed by atoms with Crippen molar-refractivity contribution in [1.29, 1.82) is 0 Å². The van der Waals surface area contributed by atoms with Crippen molar-refractivity contribution < 1.29 is 19.1 Å². The lowest BCUT2D eigenvalue weighted by Crippen LogP contribution is -2.33. The summed E-state index contributed by atoms with van der Waals surface area (Å²) in [5.74, 6) is -0.808. The van der Waals surface area contributed by atoms with Crippen LogP contribution in [0.4, 0.5) is 17.1 Å². The van der Waals surface area contributed by atoms with Gasteiger partial charge in [-0.05, 0) is 48.9 Å². The molecule has 0 radical (unpaired) electrons. The smallest absolute Gasteiger partial charge is 0.338 e. The molecule has 1 aliphatic heterocycles. The molecule has 0 saturated carbocycles. The molecule has 184 valence electrons. The Hall–Kier alpha value is -4.43. The number of esters is 1. The summed E-state index contributed by atoms with van der Waals surface area (Å²) >= 11 is 0. The maximum atomic E-state index is 13.2. The number of nitrogens with zero attached hydrogens (tertiary/aromatic N) is 1. The van der Waals surface area contributed by atoms with Crippen molar-refractivity contribution in [1.82, 2.24) is 0 Å². The molecule has 8 heteroatoms. The molecule has 0 spiro atoms. The number of amides is 2. The predicted molar refractivity (Wildman–Crippen MR) is 141 cm³/mol. The van der Waals surface area contributed by atoms with Crippen LogP contribution in [0.3, 0.4) is 0 Å². The van der Waals surface area contributed by atoms with Crippen LogP contribution < -0.4 is 21.3 Å². The number of carbonyl (C=O) groups excluding carboxylic acids is 3. The molecule has 0 unspecified atom stereocenters. The Balaban J connectivity index is 1.74. The van der Waals surface area contributed by atoms with Crippen LogP contribution in [-0.4, -0.2) is 37.5 Å². The van der Waals surface area contributed by atoms with Gasteiger partial charge in [0, 0.05) is 37.0 Å². The first-order valence-corrected chi connectivity index (χ1v) is 11.7.